The van der Waals surface area contributed by atoms with Crippen molar-refractivity contribution in [3.8, 4) is 0 Å². The van der Waals surface area contributed by atoms with Gasteiger partial charge in [-0.3, -0.25) is 9.89 Å². The Morgan fingerprint density at radius 2 is 2.16 bits per heavy atom. The Morgan fingerprint density at radius 3 is 2.76 bits per heavy atom. The maximum atomic E-state index is 5.52. The Balaban J connectivity index is 2.09. The number of aliphatic imine (C=N–C) groups is 1. The van der Waals surface area contributed by atoms with Crippen molar-refractivity contribution in [2.24, 2.45) is 4.99 Å². The van der Waals surface area contributed by atoms with Crippen molar-refractivity contribution in [3.05, 3.63) is 21.9 Å². The van der Waals surface area contributed by atoms with E-state index in [0.717, 1.165) is 45.4 Å². The van der Waals surface area contributed by atoms with Crippen LogP contribution in [0.4, 0.5) is 0 Å². The van der Waals surface area contributed by atoms with Crippen molar-refractivity contribution in [2.75, 3.05) is 53.1 Å². The minimum Gasteiger partial charge on any atom is -0.383 e. The first-order valence-corrected chi connectivity index (χ1v) is 9.87. The first-order chi connectivity index (χ1) is 12.1. The number of methoxy groups -OCH3 is 1. The number of morpholine rings is 1. The molecule has 2 heterocycles. The lowest BCUT2D eigenvalue weighted by atomic mass is 10.2. The fraction of sp³-hybridized carbons (Fsp3) is 0.722. The van der Waals surface area contributed by atoms with Gasteiger partial charge >= 0.3 is 0 Å². The van der Waals surface area contributed by atoms with Crippen LogP contribution in [-0.2, 0) is 9.47 Å². The van der Waals surface area contributed by atoms with Crippen molar-refractivity contribution in [2.45, 2.75) is 32.9 Å². The molecule has 0 saturated carbocycles. The Labute approximate surface area is 155 Å². The minimum atomic E-state index is 0.216. The van der Waals surface area contributed by atoms with E-state index in [0.29, 0.717) is 12.6 Å². The molecule has 1 aromatic heterocycles. The molecule has 2 atom stereocenters. The van der Waals surface area contributed by atoms with E-state index in [9.17, 15) is 0 Å². The molecule has 0 aliphatic carbocycles. The number of thiophene rings is 1. The van der Waals surface area contributed by atoms with Crippen molar-refractivity contribution >= 4 is 17.3 Å². The molecule has 1 aliphatic heterocycles. The average Bonchev–Trinajstić information content (AvgIpc) is 3.02. The molecular weight excluding hydrogens is 336 g/mol. The number of hydrogen-bond acceptors (Lipinski definition) is 5. The largest absolute Gasteiger partial charge is 0.383 e. The maximum Gasteiger partial charge on any atom is 0.191 e. The Kier molecular flexibility index (Phi) is 8.67. The molecular formula is C18H32N4O2S. The van der Waals surface area contributed by atoms with Gasteiger partial charge in [0, 0.05) is 42.5 Å². The lowest BCUT2D eigenvalue weighted by Crippen LogP contribution is -2.45. The second kappa shape index (κ2) is 10.8. The summed E-state index contributed by atoms with van der Waals surface area (Å²) in [5.74, 6) is 0.846. The molecule has 0 amide bonds. The van der Waals surface area contributed by atoms with E-state index < -0.39 is 0 Å². The van der Waals surface area contributed by atoms with Crippen LogP contribution in [0.15, 0.2) is 17.1 Å². The predicted molar refractivity (Wildman–Crippen MR) is 105 cm³/mol. The summed E-state index contributed by atoms with van der Waals surface area (Å²) >= 11 is 1.86. The van der Waals surface area contributed by atoms with Gasteiger partial charge in [-0.05, 0) is 32.9 Å². The van der Waals surface area contributed by atoms with Crippen LogP contribution in [0, 0.1) is 6.92 Å². The summed E-state index contributed by atoms with van der Waals surface area (Å²) in [6.45, 7) is 12.1. The van der Waals surface area contributed by atoms with Gasteiger partial charge in [-0.25, -0.2) is 0 Å². The number of nitrogens with one attached hydrogen (secondary N) is 2. The number of guanidine groups is 1. The van der Waals surface area contributed by atoms with Crippen molar-refractivity contribution in [1.29, 1.82) is 0 Å². The third-order valence-corrected chi connectivity index (χ3v) is 5.24. The molecule has 1 fully saturated rings. The van der Waals surface area contributed by atoms with Crippen LogP contribution in [0.1, 0.15) is 29.6 Å². The minimum absolute atomic E-state index is 0.216. The van der Waals surface area contributed by atoms with Crippen LogP contribution >= 0.6 is 11.3 Å². The summed E-state index contributed by atoms with van der Waals surface area (Å²) in [7, 11) is 1.72. The van der Waals surface area contributed by atoms with Gasteiger partial charge in [0.25, 0.3) is 0 Å². The monoisotopic (exact) mass is 368 g/mol. The summed E-state index contributed by atoms with van der Waals surface area (Å²) in [6, 6.07) is 4.95. The molecule has 25 heavy (non-hydrogen) atoms. The number of rotatable bonds is 8. The van der Waals surface area contributed by atoms with Crippen LogP contribution in [-0.4, -0.2) is 70.0 Å². The lowest BCUT2D eigenvalue weighted by molar-refractivity contribution is 0.0186. The second-order valence-corrected chi connectivity index (χ2v) is 7.65. The molecule has 1 aliphatic rings. The van der Waals surface area contributed by atoms with Crippen LogP contribution in [0.2, 0.25) is 0 Å². The molecule has 142 valence electrons. The third kappa shape index (κ3) is 6.58. The topological polar surface area (TPSA) is 58.1 Å². The molecule has 2 N–H and O–H groups in total. The summed E-state index contributed by atoms with van der Waals surface area (Å²) in [6.07, 6.45) is 0. The quantitative estimate of drug-likeness (QED) is 0.543. The SMILES string of the molecule is CCNC(=NCC(c1ccc(C)s1)N1CCOCC1)NC(C)COC. The van der Waals surface area contributed by atoms with Crippen LogP contribution in [0.5, 0.6) is 0 Å². The van der Waals surface area contributed by atoms with Gasteiger partial charge < -0.3 is 20.1 Å². The van der Waals surface area contributed by atoms with E-state index in [-0.39, 0.29) is 6.04 Å². The second-order valence-electron chi connectivity index (χ2n) is 6.33. The average molecular weight is 369 g/mol. The fourth-order valence-electron chi connectivity index (χ4n) is 2.93. The van der Waals surface area contributed by atoms with Gasteiger partial charge in [-0.15, -0.1) is 11.3 Å². The van der Waals surface area contributed by atoms with Gasteiger partial charge in [0.15, 0.2) is 5.96 Å². The molecule has 0 spiro atoms. The molecule has 6 nitrogen and oxygen atoms in total. The van der Waals surface area contributed by atoms with Gasteiger partial charge in [0.2, 0.25) is 0 Å². The molecule has 1 aromatic rings. The highest BCUT2D eigenvalue weighted by atomic mass is 32.1. The van der Waals surface area contributed by atoms with Crippen LogP contribution < -0.4 is 10.6 Å². The molecule has 7 heteroatoms. The Bertz CT molecular complexity index is 529. The standard InChI is InChI=1S/C18H32N4O2S/c1-5-19-18(21-14(2)13-23-4)20-12-16(17-7-6-15(3)25-17)22-8-10-24-11-9-22/h6-7,14,16H,5,8-13H2,1-4H3,(H2,19,20,21). The van der Waals surface area contributed by atoms with Gasteiger partial charge in [-0.1, -0.05) is 0 Å². The molecule has 2 rings (SSSR count). The highest BCUT2D eigenvalue weighted by molar-refractivity contribution is 7.12. The number of ether oxygens (including phenoxy) is 2. The zero-order valence-electron chi connectivity index (χ0n) is 15.9. The van der Waals surface area contributed by atoms with Crippen LogP contribution in [0.25, 0.3) is 0 Å². The first kappa shape index (κ1) is 20.2. The van der Waals surface area contributed by atoms with E-state index in [2.05, 4.69) is 48.4 Å². The molecule has 0 radical (unpaired) electrons. The van der Waals surface area contributed by atoms with Gasteiger partial charge in [0.05, 0.1) is 32.4 Å². The fourth-order valence-corrected chi connectivity index (χ4v) is 3.93. The molecule has 2 unspecified atom stereocenters. The van der Waals surface area contributed by atoms with E-state index >= 15 is 0 Å². The Morgan fingerprint density at radius 1 is 1.40 bits per heavy atom. The summed E-state index contributed by atoms with van der Waals surface area (Å²) < 4.78 is 10.7. The molecule has 0 bridgehead atoms. The molecule has 1 saturated heterocycles. The number of hydrogen-bond donors (Lipinski definition) is 2. The summed E-state index contributed by atoms with van der Waals surface area (Å²) in [4.78, 5) is 10.1. The smallest absolute Gasteiger partial charge is 0.191 e. The van der Waals surface area contributed by atoms with Gasteiger partial charge in [0.1, 0.15) is 0 Å². The Hall–Kier alpha value is -1.15. The normalized spacial score (nSPS) is 18.8. The van der Waals surface area contributed by atoms with E-state index in [1.807, 2.05) is 11.3 Å². The van der Waals surface area contributed by atoms with Crippen LogP contribution in [0.3, 0.4) is 0 Å². The van der Waals surface area contributed by atoms with Gasteiger partial charge in [-0.2, -0.15) is 0 Å². The lowest BCUT2D eigenvalue weighted by Gasteiger charge is -2.33. The van der Waals surface area contributed by atoms with E-state index in [4.69, 9.17) is 14.5 Å². The summed E-state index contributed by atoms with van der Waals surface area (Å²) in [5.41, 5.74) is 0. The zero-order valence-corrected chi connectivity index (χ0v) is 16.7. The summed E-state index contributed by atoms with van der Waals surface area (Å²) in [5, 5.41) is 6.74. The predicted octanol–water partition coefficient (Wildman–Crippen LogP) is 2.02. The number of nitrogens with zero attached hydrogens (tertiary/aromatic N) is 2. The van der Waals surface area contributed by atoms with E-state index in [1.54, 1.807) is 7.11 Å². The van der Waals surface area contributed by atoms with Crippen molar-refractivity contribution in [1.82, 2.24) is 15.5 Å². The maximum absolute atomic E-state index is 5.52. The number of aryl methyl sites for hydroxylation is 1. The third-order valence-electron chi connectivity index (χ3n) is 4.14. The zero-order chi connectivity index (χ0) is 18.1. The van der Waals surface area contributed by atoms with E-state index in [1.165, 1.54) is 9.75 Å². The van der Waals surface area contributed by atoms with Crippen molar-refractivity contribution < 1.29 is 9.47 Å². The first-order valence-electron chi connectivity index (χ1n) is 9.06. The highest BCUT2D eigenvalue weighted by Gasteiger charge is 2.24. The van der Waals surface area contributed by atoms with Crippen molar-refractivity contribution in [3.63, 3.8) is 0 Å². The molecule has 0 aromatic carbocycles. The highest BCUT2D eigenvalue weighted by Crippen LogP contribution is 2.28.